The van der Waals surface area contributed by atoms with E-state index < -0.39 is 5.82 Å². The summed E-state index contributed by atoms with van der Waals surface area (Å²) in [6.45, 7) is 2.49. The third-order valence-electron chi connectivity index (χ3n) is 4.24. The lowest BCUT2D eigenvalue weighted by Gasteiger charge is -2.13. The molecule has 3 aromatic rings. The molecule has 1 amide bonds. The van der Waals surface area contributed by atoms with Crippen molar-refractivity contribution in [2.24, 2.45) is 0 Å². The number of nitrogen functional groups attached to an aromatic ring is 1. The molecule has 0 aliphatic rings. The predicted octanol–water partition coefficient (Wildman–Crippen LogP) is 4.49. The predicted molar refractivity (Wildman–Crippen MR) is 105 cm³/mol. The lowest BCUT2D eigenvalue weighted by atomic mass is 10.1. The molecule has 2 aromatic carbocycles. The monoisotopic (exact) mass is 367 g/mol. The van der Waals surface area contributed by atoms with Crippen LogP contribution in [-0.2, 0) is 17.8 Å². The van der Waals surface area contributed by atoms with Gasteiger partial charge in [-0.05, 0) is 36.8 Å². The van der Waals surface area contributed by atoms with Gasteiger partial charge in [0.25, 0.3) is 0 Å². The first-order valence-corrected chi connectivity index (χ1v) is 8.72. The largest absolute Gasteiger partial charge is 0.469 e. The summed E-state index contributed by atoms with van der Waals surface area (Å²) in [5, 5.41) is 5.68. The molecule has 0 atom stereocenters. The highest BCUT2D eigenvalue weighted by molar-refractivity contribution is 5.94. The highest BCUT2D eigenvalue weighted by Gasteiger charge is 2.13. The molecule has 4 N–H and O–H groups in total. The standard InChI is InChI=1S/C21H22FN3O2/c1-14-4-6-15(7-5-14)13-24-17-9-10-18(21(23)20(17)22)25-19(26)11-8-16-3-2-12-27-16/h2-7,9-10,12,24H,8,11,13,23H2,1H3,(H,25,26). The van der Waals surface area contributed by atoms with Crippen molar-refractivity contribution in [3.63, 3.8) is 0 Å². The van der Waals surface area contributed by atoms with Crippen molar-refractivity contribution in [1.82, 2.24) is 0 Å². The van der Waals surface area contributed by atoms with Crippen LogP contribution >= 0.6 is 0 Å². The molecular weight excluding hydrogens is 345 g/mol. The molecule has 0 aliphatic heterocycles. The summed E-state index contributed by atoms with van der Waals surface area (Å²) in [6.07, 6.45) is 2.25. The van der Waals surface area contributed by atoms with Crippen LogP contribution in [0.5, 0.6) is 0 Å². The number of halogens is 1. The molecule has 0 saturated carbocycles. The van der Waals surface area contributed by atoms with E-state index in [0.29, 0.717) is 18.7 Å². The SMILES string of the molecule is Cc1ccc(CNc2ccc(NC(=O)CCc3ccco3)c(N)c2F)cc1. The maximum absolute atomic E-state index is 14.5. The van der Waals surface area contributed by atoms with E-state index in [1.165, 1.54) is 5.56 Å². The minimum absolute atomic E-state index is 0.0877. The number of nitrogens with one attached hydrogen (secondary N) is 2. The third kappa shape index (κ3) is 4.88. The molecule has 1 heterocycles. The van der Waals surface area contributed by atoms with Gasteiger partial charge >= 0.3 is 0 Å². The number of hydrogen-bond acceptors (Lipinski definition) is 4. The summed E-state index contributed by atoms with van der Waals surface area (Å²) in [4.78, 5) is 12.0. The zero-order valence-electron chi connectivity index (χ0n) is 15.1. The van der Waals surface area contributed by atoms with Gasteiger partial charge in [-0.2, -0.15) is 0 Å². The third-order valence-corrected chi connectivity index (χ3v) is 4.24. The van der Waals surface area contributed by atoms with Crippen LogP contribution in [0.3, 0.4) is 0 Å². The summed E-state index contributed by atoms with van der Waals surface area (Å²) < 4.78 is 19.7. The van der Waals surface area contributed by atoms with Crippen LogP contribution in [0.1, 0.15) is 23.3 Å². The Balaban J connectivity index is 1.60. The molecule has 1 aromatic heterocycles. The van der Waals surface area contributed by atoms with Crippen molar-refractivity contribution in [2.75, 3.05) is 16.4 Å². The van der Waals surface area contributed by atoms with Gasteiger partial charge < -0.3 is 20.8 Å². The average Bonchev–Trinajstić information content (AvgIpc) is 3.18. The van der Waals surface area contributed by atoms with Crippen LogP contribution in [0, 0.1) is 12.7 Å². The number of carbonyl (C=O) groups is 1. The Morgan fingerprint density at radius 2 is 1.85 bits per heavy atom. The average molecular weight is 367 g/mol. The minimum Gasteiger partial charge on any atom is -0.469 e. The van der Waals surface area contributed by atoms with E-state index in [2.05, 4.69) is 10.6 Å². The van der Waals surface area contributed by atoms with E-state index in [0.717, 1.165) is 11.3 Å². The van der Waals surface area contributed by atoms with E-state index in [1.807, 2.05) is 31.2 Å². The molecule has 140 valence electrons. The molecule has 0 bridgehead atoms. The molecule has 0 spiro atoms. The van der Waals surface area contributed by atoms with Crippen LogP contribution in [-0.4, -0.2) is 5.91 Å². The summed E-state index contributed by atoms with van der Waals surface area (Å²) in [7, 11) is 0. The second kappa shape index (κ2) is 8.40. The smallest absolute Gasteiger partial charge is 0.224 e. The van der Waals surface area contributed by atoms with Crippen molar-refractivity contribution >= 4 is 23.0 Å². The van der Waals surface area contributed by atoms with Gasteiger partial charge in [-0.15, -0.1) is 0 Å². The molecule has 3 rings (SSSR count). The molecule has 0 radical (unpaired) electrons. The highest BCUT2D eigenvalue weighted by Crippen LogP contribution is 2.28. The number of hydrogen-bond donors (Lipinski definition) is 3. The van der Waals surface area contributed by atoms with Crippen LogP contribution in [0.15, 0.2) is 59.2 Å². The van der Waals surface area contributed by atoms with Gasteiger partial charge in [-0.1, -0.05) is 29.8 Å². The van der Waals surface area contributed by atoms with Gasteiger partial charge in [0.05, 0.1) is 23.3 Å². The van der Waals surface area contributed by atoms with E-state index in [1.54, 1.807) is 30.5 Å². The second-order valence-electron chi connectivity index (χ2n) is 6.36. The Kier molecular flexibility index (Phi) is 5.76. The Morgan fingerprint density at radius 3 is 2.56 bits per heavy atom. The number of rotatable bonds is 7. The molecule has 27 heavy (non-hydrogen) atoms. The number of nitrogens with two attached hydrogens (primary N) is 1. The van der Waals surface area contributed by atoms with E-state index >= 15 is 0 Å². The zero-order chi connectivity index (χ0) is 19.2. The Bertz CT molecular complexity index is 906. The van der Waals surface area contributed by atoms with E-state index in [-0.39, 0.29) is 23.7 Å². The first-order chi connectivity index (χ1) is 13.0. The van der Waals surface area contributed by atoms with Crippen molar-refractivity contribution in [3.8, 4) is 0 Å². The summed E-state index contributed by atoms with van der Waals surface area (Å²) >= 11 is 0. The maximum atomic E-state index is 14.5. The molecule has 0 saturated heterocycles. The fourth-order valence-electron chi connectivity index (χ4n) is 2.65. The van der Waals surface area contributed by atoms with Crippen molar-refractivity contribution in [3.05, 3.63) is 77.5 Å². The summed E-state index contributed by atoms with van der Waals surface area (Å²) in [6, 6.07) is 14.7. The van der Waals surface area contributed by atoms with Crippen molar-refractivity contribution in [1.29, 1.82) is 0 Å². The van der Waals surface area contributed by atoms with Gasteiger partial charge in [0.2, 0.25) is 5.91 Å². The fourth-order valence-corrected chi connectivity index (χ4v) is 2.65. The molecular formula is C21H22FN3O2. The van der Waals surface area contributed by atoms with Crippen molar-refractivity contribution < 1.29 is 13.6 Å². The lowest BCUT2D eigenvalue weighted by molar-refractivity contribution is -0.116. The number of amides is 1. The first kappa shape index (κ1) is 18.5. The maximum Gasteiger partial charge on any atom is 0.224 e. The summed E-state index contributed by atoms with van der Waals surface area (Å²) in [5.41, 5.74) is 8.53. The molecule has 0 aliphatic carbocycles. The number of aryl methyl sites for hydroxylation is 2. The Hall–Kier alpha value is -3.28. The van der Waals surface area contributed by atoms with Gasteiger partial charge in [0, 0.05) is 19.4 Å². The van der Waals surface area contributed by atoms with Crippen LogP contribution in [0.25, 0.3) is 0 Å². The zero-order valence-corrected chi connectivity index (χ0v) is 15.1. The molecule has 5 nitrogen and oxygen atoms in total. The van der Waals surface area contributed by atoms with Crippen LogP contribution in [0.2, 0.25) is 0 Å². The number of furan rings is 1. The van der Waals surface area contributed by atoms with Crippen molar-refractivity contribution in [2.45, 2.75) is 26.3 Å². The number of carbonyl (C=O) groups excluding carboxylic acids is 1. The van der Waals surface area contributed by atoms with E-state index in [9.17, 15) is 9.18 Å². The number of benzene rings is 2. The Morgan fingerprint density at radius 1 is 1.11 bits per heavy atom. The lowest BCUT2D eigenvalue weighted by Crippen LogP contribution is -2.14. The van der Waals surface area contributed by atoms with Crippen LogP contribution < -0.4 is 16.4 Å². The molecule has 0 fully saturated rings. The van der Waals surface area contributed by atoms with Gasteiger partial charge in [0.1, 0.15) is 5.76 Å². The molecule has 6 heteroatoms. The van der Waals surface area contributed by atoms with Gasteiger partial charge in [-0.25, -0.2) is 4.39 Å². The normalized spacial score (nSPS) is 10.6. The highest BCUT2D eigenvalue weighted by atomic mass is 19.1. The quantitative estimate of drug-likeness (QED) is 0.538. The van der Waals surface area contributed by atoms with Gasteiger partial charge in [0.15, 0.2) is 5.82 Å². The van der Waals surface area contributed by atoms with E-state index in [4.69, 9.17) is 10.2 Å². The van der Waals surface area contributed by atoms with Crippen LogP contribution in [0.4, 0.5) is 21.5 Å². The molecule has 0 unspecified atom stereocenters. The number of anilines is 3. The fraction of sp³-hybridized carbons (Fsp3) is 0.190. The Labute approximate surface area is 157 Å². The topological polar surface area (TPSA) is 80.3 Å². The van der Waals surface area contributed by atoms with Gasteiger partial charge in [-0.3, -0.25) is 4.79 Å². The minimum atomic E-state index is -0.578. The summed E-state index contributed by atoms with van der Waals surface area (Å²) in [5.74, 6) is -0.108. The first-order valence-electron chi connectivity index (χ1n) is 8.72. The second-order valence-corrected chi connectivity index (χ2v) is 6.36.